The van der Waals surface area contributed by atoms with Gasteiger partial charge < -0.3 is 10.0 Å². The van der Waals surface area contributed by atoms with Crippen molar-refractivity contribution in [2.24, 2.45) is 5.41 Å². The molecule has 2 aliphatic heterocycles. The van der Waals surface area contributed by atoms with Crippen molar-refractivity contribution in [3.8, 4) is 0 Å². The molecule has 0 radical (unpaired) electrons. The monoisotopic (exact) mass is 372 g/mol. The van der Waals surface area contributed by atoms with E-state index < -0.39 is 27.4 Å². The Morgan fingerprint density at radius 1 is 1.38 bits per heavy atom. The Kier molecular flexibility index (Phi) is 4.43. The molecule has 1 aromatic rings. The van der Waals surface area contributed by atoms with Gasteiger partial charge in [-0.25, -0.2) is 8.42 Å². The lowest BCUT2D eigenvalue weighted by molar-refractivity contribution is -0.147. The summed E-state index contributed by atoms with van der Waals surface area (Å²) in [5.74, 6) is -1.20. The molecular weight excluding hydrogens is 352 g/mol. The molecule has 24 heavy (non-hydrogen) atoms. The van der Waals surface area contributed by atoms with Gasteiger partial charge in [-0.1, -0.05) is 6.07 Å². The summed E-state index contributed by atoms with van der Waals surface area (Å²) in [7, 11) is -3.68. The maximum absolute atomic E-state index is 12.8. The Morgan fingerprint density at radius 2 is 2.12 bits per heavy atom. The van der Waals surface area contributed by atoms with Crippen molar-refractivity contribution < 1.29 is 23.1 Å². The number of carboxylic acid groups (broad SMARTS) is 1. The van der Waals surface area contributed by atoms with Crippen LogP contribution in [0.25, 0.3) is 0 Å². The molecule has 9 heteroatoms. The van der Waals surface area contributed by atoms with E-state index >= 15 is 0 Å². The minimum absolute atomic E-state index is 0.130. The molecule has 1 amide bonds. The number of carbonyl (C=O) groups excluding carboxylic acids is 1. The molecule has 132 valence electrons. The number of aliphatic carboxylic acids is 1. The summed E-state index contributed by atoms with van der Waals surface area (Å²) >= 11 is 1.13. The molecule has 1 N–H and O–H groups in total. The quantitative estimate of drug-likeness (QED) is 0.858. The first kappa shape index (κ1) is 17.4. The second-order valence-corrected chi connectivity index (χ2v) is 9.65. The zero-order valence-electron chi connectivity index (χ0n) is 13.3. The Labute approximate surface area is 144 Å². The third-order valence-corrected chi connectivity index (χ3v) is 8.13. The van der Waals surface area contributed by atoms with Gasteiger partial charge in [0.05, 0.1) is 5.41 Å². The normalized spacial score (nSPS) is 28.4. The number of amides is 1. The summed E-state index contributed by atoms with van der Waals surface area (Å²) in [4.78, 5) is 25.7. The van der Waals surface area contributed by atoms with Crippen LogP contribution < -0.4 is 0 Å². The number of thiophene rings is 1. The van der Waals surface area contributed by atoms with Crippen molar-refractivity contribution >= 4 is 33.2 Å². The molecule has 0 aliphatic carbocycles. The molecule has 0 saturated carbocycles. The summed E-state index contributed by atoms with van der Waals surface area (Å²) in [6, 6.07) is 2.48. The number of rotatable bonds is 4. The molecule has 1 aromatic heterocycles. The highest BCUT2D eigenvalue weighted by Crippen LogP contribution is 2.34. The van der Waals surface area contributed by atoms with Crippen LogP contribution in [-0.2, 0) is 19.6 Å². The summed E-state index contributed by atoms with van der Waals surface area (Å²) in [6.45, 7) is 2.42. The summed E-state index contributed by atoms with van der Waals surface area (Å²) in [5, 5.41) is 11.0. The second-order valence-electron chi connectivity index (χ2n) is 6.58. The minimum Gasteiger partial charge on any atom is -0.481 e. The average molecular weight is 372 g/mol. The Morgan fingerprint density at radius 3 is 2.71 bits per heavy atom. The van der Waals surface area contributed by atoms with Crippen LogP contribution in [0, 0.1) is 5.41 Å². The molecule has 2 aliphatic rings. The van der Waals surface area contributed by atoms with E-state index in [1.807, 2.05) is 0 Å². The fraction of sp³-hybridized carbons (Fsp3) is 0.600. The van der Waals surface area contributed by atoms with Crippen molar-refractivity contribution in [1.29, 1.82) is 0 Å². The summed E-state index contributed by atoms with van der Waals surface area (Å²) < 4.78 is 27.0. The number of likely N-dealkylation sites (tertiary alicyclic amines) is 1. The van der Waals surface area contributed by atoms with E-state index in [9.17, 15) is 23.1 Å². The lowest BCUT2D eigenvalue weighted by Gasteiger charge is -2.27. The van der Waals surface area contributed by atoms with Crippen LogP contribution in [-0.4, -0.2) is 60.3 Å². The molecule has 3 heterocycles. The minimum atomic E-state index is -3.68. The van der Waals surface area contributed by atoms with Gasteiger partial charge >= 0.3 is 5.97 Å². The van der Waals surface area contributed by atoms with Gasteiger partial charge in [0.15, 0.2) is 0 Å². The van der Waals surface area contributed by atoms with Gasteiger partial charge in [-0.3, -0.25) is 9.59 Å². The Bertz CT molecular complexity index is 746. The molecule has 0 spiro atoms. The largest absolute Gasteiger partial charge is 0.481 e. The van der Waals surface area contributed by atoms with Crippen LogP contribution in [0.2, 0.25) is 0 Å². The van der Waals surface area contributed by atoms with Gasteiger partial charge in [-0.2, -0.15) is 4.31 Å². The van der Waals surface area contributed by atoms with E-state index in [-0.39, 0.29) is 16.7 Å². The molecule has 2 unspecified atom stereocenters. The highest BCUT2D eigenvalue weighted by molar-refractivity contribution is 7.91. The van der Waals surface area contributed by atoms with Crippen LogP contribution in [0.4, 0.5) is 0 Å². The zero-order valence-corrected chi connectivity index (χ0v) is 15.0. The second kappa shape index (κ2) is 6.12. The van der Waals surface area contributed by atoms with Gasteiger partial charge in [-0.15, -0.1) is 11.3 Å². The standard InChI is InChI=1S/C15H20N2O5S2/c1-15(14(19)20)6-8-16(10-15)13(18)11-4-2-7-17(11)24(21,22)12-5-3-9-23-12/h3,5,9,11H,2,4,6-8,10H2,1H3,(H,19,20). The number of sulfonamides is 1. The third-order valence-electron chi connectivity index (χ3n) is 4.85. The Hall–Kier alpha value is -1.45. The van der Waals surface area contributed by atoms with Crippen LogP contribution in [0.3, 0.4) is 0 Å². The Balaban J connectivity index is 1.79. The first-order valence-corrected chi connectivity index (χ1v) is 10.2. The fourth-order valence-electron chi connectivity index (χ4n) is 3.33. The molecule has 2 atom stereocenters. The number of hydrogen-bond donors (Lipinski definition) is 1. The SMILES string of the molecule is CC1(C(=O)O)CCN(C(=O)C2CCCN2S(=O)(=O)c2cccs2)C1. The molecule has 0 aromatic carbocycles. The van der Waals surface area contributed by atoms with Crippen molar-refractivity contribution in [2.45, 2.75) is 36.4 Å². The number of hydrogen-bond acceptors (Lipinski definition) is 5. The van der Waals surface area contributed by atoms with Gasteiger partial charge in [0.1, 0.15) is 10.3 Å². The number of nitrogens with zero attached hydrogens (tertiary/aromatic N) is 2. The highest BCUT2D eigenvalue weighted by Gasteiger charge is 2.47. The summed E-state index contributed by atoms with van der Waals surface area (Å²) in [5.41, 5.74) is -0.953. The van der Waals surface area contributed by atoms with E-state index in [1.54, 1.807) is 18.4 Å². The van der Waals surface area contributed by atoms with Crippen LogP contribution in [0.1, 0.15) is 26.2 Å². The van der Waals surface area contributed by atoms with Crippen LogP contribution >= 0.6 is 11.3 Å². The molecule has 2 saturated heterocycles. The van der Waals surface area contributed by atoms with Crippen molar-refractivity contribution in [3.63, 3.8) is 0 Å². The van der Waals surface area contributed by atoms with E-state index in [1.165, 1.54) is 15.3 Å². The van der Waals surface area contributed by atoms with E-state index in [4.69, 9.17) is 0 Å². The van der Waals surface area contributed by atoms with Crippen molar-refractivity contribution in [1.82, 2.24) is 9.21 Å². The third kappa shape index (κ3) is 2.84. The highest BCUT2D eigenvalue weighted by atomic mass is 32.2. The molecule has 2 fully saturated rings. The first-order valence-electron chi connectivity index (χ1n) is 7.83. The maximum atomic E-state index is 12.8. The summed E-state index contributed by atoms with van der Waals surface area (Å²) in [6.07, 6.45) is 1.49. The fourth-order valence-corrected chi connectivity index (χ4v) is 6.11. The van der Waals surface area contributed by atoms with Gasteiger partial charge in [0, 0.05) is 19.6 Å². The van der Waals surface area contributed by atoms with E-state index in [0.29, 0.717) is 32.4 Å². The number of carboxylic acids is 1. The van der Waals surface area contributed by atoms with Crippen LogP contribution in [0.15, 0.2) is 21.7 Å². The van der Waals surface area contributed by atoms with Gasteiger partial charge in [0.25, 0.3) is 10.0 Å². The van der Waals surface area contributed by atoms with E-state index in [0.717, 1.165) is 11.3 Å². The van der Waals surface area contributed by atoms with Gasteiger partial charge in [0.2, 0.25) is 5.91 Å². The van der Waals surface area contributed by atoms with Crippen LogP contribution in [0.5, 0.6) is 0 Å². The lowest BCUT2D eigenvalue weighted by Crippen LogP contribution is -2.47. The van der Waals surface area contributed by atoms with Gasteiger partial charge in [-0.05, 0) is 37.6 Å². The number of carbonyl (C=O) groups is 2. The topological polar surface area (TPSA) is 95.0 Å². The van der Waals surface area contributed by atoms with E-state index in [2.05, 4.69) is 0 Å². The molecule has 7 nitrogen and oxygen atoms in total. The predicted octanol–water partition coefficient (Wildman–Crippen LogP) is 1.22. The smallest absolute Gasteiger partial charge is 0.311 e. The molecule has 0 bridgehead atoms. The average Bonchev–Trinajstić information content (AvgIpc) is 3.27. The van der Waals surface area contributed by atoms with Crippen molar-refractivity contribution in [3.05, 3.63) is 17.5 Å². The molecular formula is C15H20N2O5S2. The zero-order chi connectivity index (χ0) is 17.5. The van der Waals surface area contributed by atoms with Crippen molar-refractivity contribution in [2.75, 3.05) is 19.6 Å². The predicted molar refractivity (Wildman–Crippen MR) is 88.2 cm³/mol. The lowest BCUT2D eigenvalue weighted by atomic mass is 9.90. The molecule has 3 rings (SSSR count). The first-order chi connectivity index (χ1) is 11.3. The maximum Gasteiger partial charge on any atom is 0.311 e.